The van der Waals surface area contributed by atoms with Gasteiger partial charge in [0.25, 0.3) is 0 Å². The molecule has 3 nitrogen and oxygen atoms in total. The zero-order valence-corrected chi connectivity index (χ0v) is 16.6. The molecule has 2 aliphatic rings. The lowest BCUT2D eigenvalue weighted by atomic mass is 9.59. The monoisotopic (exact) mass is 380 g/mol. The number of piperidine rings is 1. The predicted molar refractivity (Wildman–Crippen MR) is 111 cm³/mol. The van der Waals surface area contributed by atoms with E-state index >= 15 is 0 Å². The Labute approximate surface area is 165 Å². The molecule has 1 fully saturated rings. The Morgan fingerprint density at radius 3 is 2.78 bits per heavy atom. The molecular weight excluding hydrogens is 356 g/mol. The molecule has 3 aromatic rings. The highest BCUT2D eigenvalue weighted by Crippen LogP contribution is 2.50. The van der Waals surface area contributed by atoms with Gasteiger partial charge in [0.15, 0.2) is 0 Å². The molecule has 1 saturated heterocycles. The van der Waals surface area contributed by atoms with Crippen LogP contribution in [-0.2, 0) is 25.3 Å². The van der Waals surface area contributed by atoms with Crippen molar-refractivity contribution in [3.63, 3.8) is 0 Å². The van der Waals surface area contributed by atoms with Gasteiger partial charge in [-0.15, -0.1) is 0 Å². The highest BCUT2D eigenvalue weighted by atomic mass is 35.5. The molecule has 2 unspecified atom stereocenters. The number of hydrogen-bond acceptors (Lipinski definition) is 2. The van der Waals surface area contributed by atoms with Crippen molar-refractivity contribution in [3.05, 3.63) is 64.3 Å². The van der Waals surface area contributed by atoms with Gasteiger partial charge >= 0.3 is 0 Å². The molecule has 0 bridgehead atoms. The van der Waals surface area contributed by atoms with Crippen molar-refractivity contribution in [1.29, 1.82) is 0 Å². The first-order valence-corrected chi connectivity index (χ1v) is 10.1. The fraction of sp³-hybridized carbons (Fsp3) is 0.391. The first-order valence-electron chi connectivity index (χ1n) is 9.72. The van der Waals surface area contributed by atoms with Crippen molar-refractivity contribution in [2.45, 2.75) is 24.7 Å². The van der Waals surface area contributed by atoms with E-state index in [0.29, 0.717) is 11.7 Å². The summed E-state index contributed by atoms with van der Waals surface area (Å²) in [7, 11) is 4.38. The summed E-state index contributed by atoms with van der Waals surface area (Å²) in [5.74, 6) is 0.903. The highest BCUT2D eigenvalue weighted by Gasteiger charge is 2.48. The summed E-state index contributed by atoms with van der Waals surface area (Å²) < 4.78 is 2.31. The summed E-state index contributed by atoms with van der Waals surface area (Å²) in [5, 5.41) is 12.3. The van der Waals surface area contributed by atoms with E-state index in [4.69, 9.17) is 11.6 Å². The minimum atomic E-state index is 0.0763. The van der Waals surface area contributed by atoms with Crippen LogP contribution >= 0.6 is 11.6 Å². The van der Waals surface area contributed by atoms with Crippen molar-refractivity contribution < 1.29 is 5.11 Å². The number of aromatic nitrogens is 1. The second kappa shape index (κ2) is 6.02. The number of phenolic OH excluding ortho intramolecular Hbond substituents is 1. The number of benzene rings is 2. The third-order valence-electron chi connectivity index (χ3n) is 7.01. The molecule has 1 aliphatic heterocycles. The largest absolute Gasteiger partial charge is 0.508 e. The van der Waals surface area contributed by atoms with E-state index in [1.807, 2.05) is 18.2 Å². The Bertz CT molecular complexity index is 1040. The smallest absolute Gasteiger partial charge is 0.115 e. The number of nitrogens with zero attached hydrogens (tertiary/aromatic N) is 2. The molecule has 2 aromatic carbocycles. The average Bonchev–Trinajstić information content (AvgIpc) is 2.93. The first-order chi connectivity index (χ1) is 13.0. The van der Waals surface area contributed by atoms with Crippen LogP contribution in [0.15, 0.2) is 42.5 Å². The lowest BCUT2D eigenvalue weighted by molar-refractivity contribution is 0.0985. The van der Waals surface area contributed by atoms with Crippen molar-refractivity contribution in [2.24, 2.45) is 13.0 Å². The number of rotatable bonds is 1. The molecule has 140 valence electrons. The van der Waals surface area contributed by atoms with Gasteiger partial charge in [-0.3, -0.25) is 0 Å². The van der Waals surface area contributed by atoms with Gasteiger partial charge in [0.1, 0.15) is 5.75 Å². The van der Waals surface area contributed by atoms with Crippen molar-refractivity contribution in [2.75, 3.05) is 20.1 Å². The quantitative estimate of drug-likeness (QED) is 0.672. The van der Waals surface area contributed by atoms with E-state index < -0.39 is 0 Å². The molecule has 2 heterocycles. The number of hydrogen-bond donors (Lipinski definition) is 1. The van der Waals surface area contributed by atoms with E-state index in [0.717, 1.165) is 42.9 Å². The Hall–Kier alpha value is -1.97. The number of phenols is 1. The Morgan fingerprint density at radius 2 is 1.96 bits per heavy atom. The summed E-state index contributed by atoms with van der Waals surface area (Å²) in [4.78, 5) is 2.45. The lowest BCUT2D eigenvalue weighted by Gasteiger charge is -2.50. The van der Waals surface area contributed by atoms with Crippen molar-refractivity contribution >= 4 is 22.5 Å². The van der Waals surface area contributed by atoms with Crippen molar-refractivity contribution in [1.82, 2.24) is 9.47 Å². The van der Waals surface area contributed by atoms with Gasteiger partial charge in [-0.1, -0.05) is 35.9 Å². The van der Waals surface area contributed by atoms with Crippen LogP contribution in [0.5, 0.6) is 5.75 Å². The molecule has 1 aromatic heterocycles. The first kappa shape index (κ1) is 17.2. The third kappa shape index (κ3) is 2.45. The fourth-order valence-electron chi connectivity index (χ4n) is 5.62. The third-order valence-corrected chi connectivity index (χ3v) is 7.31. The molecule has 1 N–H and O–H groups in total. The number of fused-ring (bicyclic) bond motifs is 4. The lowest BCUT2D eigenvalue weighted by Crippen LogP contribution is -2.52. The Morgan fingerprint density at radius 1 is 1.15 bits per heavy atom. The van der Waals surface area contributed by atoms with Gasteiger partial charge in [0, 0.05) is 30.1 Å². The summed E-state index contributed by atoms with van der Waals surface area (Å²) in [6, 6.07) is 14.2. The van der Waals surface area contributed by atoms with Crippen LogP contribution in [0, 0.1) is 5.92 Å². The van der Waals surface area contributed by atoms with Gasteiger partial charge in [0.05, 0.1) is 10.5 Å². The van der Waals surface area contributed by atoms with Crippen LogP contribution in [0.2, 0.25) is 5.02 Å². The maximum atomic E-state index is 10.2. The standard InChI is InChI=1S/C23H25ClN2O/c1-25-10-9-23(15-5-3-6-17(27)11-15)13-21-19(12-16(23)14-25)18-7-4-8-20(24)22(18)26(21)2/h3-8,11,16,27H,9-10,12-14H2,1-2H3. The molecule has 1 aliphatic carbocycles. The maximum Gasteiger partial charge on any atom is 0.115 e. The van der Waals surface area contributed by atoms with E-state index in [9.17, 15) is 5.11 Å². The Kier molecular flexibility index (Phi) is 3.82. The van der Waals surface area contributed by atoms with E-state index in [1.165, 1.54) is 22.2 Å². The van der Waals surface area contributed by atoms with E-state index in [2.05, 4.69) is 41.8 Å². The molecule has 5 rings (SSSR count). The van der Waals surface area contributed by atoms with Crippen LogP contribution < -0.4 is 0 Å². The van der Waals surface area contributed by atoms with E-state index in [1.54, 1.807) is 6.07 Å². The summed E-state index contributed by atoms with van der Waals surface area (Å²) in [5.41, 5.74) is 5.38. The number of para-hydroxylation sites is 1. The predicted octanol–water partition coefficient (Wildman–Crippen LogP) is 4.53. The summed E-state index contributed by atoms with van der Waals surface area (Å²) in [6.07, 6.45) is 3.19. The molecular formula is C23H25ClN2O. The number of likely N-dealkylation sites (tertiary alicyclic amines) is 1. The summed E-state index contributed by atoms with van der Waals surface area (Å²) >= 11 is 6.57. The second-order valence-corrected chi connectivity index (χ2v) is 8.82. The minimum absolute atomic E-state index is 0.0763. The molecule has 0 radical (unpaired) electrons. The van der Waals surface area contributed by atoms with Crippen LogP contribution in [0.1, 0.15) is 23.2 Å². The average molecular weight is 381 g/mol. The van der Waals surface area contributed by atoms with Gasteiger partial charge in [-0.05, 0) is 68.1 Å². The number of aryl methyl sites for hydroxylation is 1. The second-order valence-electron chi connectivity index (χ2n) is 8.42. The molecule has 0 amide bonds. The topological polar surface area (TPSA) is 28.4 Å². The molecule has 4 heteroatoms. The summed E-state index contributed by atoms with van der Waals surface area (Å²) in [6.45, 7) is 2.18. The van der Waals surface area contributed by atoms with E-state index in [-0.39, 0.29) is 5.41 Å². The molecule has 0 spiro atoms. The van der Waals surface area contributed by atoms with Crippen molar-refractivity contribution in [3.8, 4) is 5.75 Å². The zero-order valence-electron chi connectivity index (χ0n) is 15.9. The van der Waals surface area contributed by atoms with Crippen LogP contribution in [-0.4, -0.2) is 34.7 Å². The molecule has 27 heavy (non-hydrogen) atoms. The molecule has 2 atom stereocenters. The van der Waals surface area contributed by atoms with Crippen LogP contribution in [0.25, 0.3) is 10.9 Å². The maximum absolute atomic E-state index is 10.2. The highest BCUT2D eigenvalue weighted by molar-refractivity contribution is 6.35. The van der Waals surface area contributed by atoms with Gasteiger partial charge in [-0.2, -0.15) is 0 Å². The van der Waals surface area contributed by atoms with Gasteiger partial charge in [-0.25, -0.2) is 0 Å². The van der Waals surface area contributed by atoms with Gasteiger partial charge in [0.2, 0.25) is 0 Å². The van der Waals surface area contributed by atoms with Crippen LogP contribution in [0.4, 0.5) is 0 Å². The zero-order chi connectivity index (χ0) is 18.8. The molecule has 0 saturated carbocycles. The normalized spacial score (nSPS) is 25.4. The van der Waals surface area contributed by atoms with Crippen LogP contribution in [0.3, 0.4) is 0 Å². The number of halogens is 1. The fourth-order valence-corrected chi connectivity index (χ4v) is 5.92. The SMILES string of the molecule is CN1CCC2(c3cccc(O)c3)Cc3c(c4cccc(Cl)c4n3C)CC2C1. The Balaban J connectivity index is 1.73. The number of aromatic hydroxyl groups is 1. The van der Waals surface area contributed by atoms with Gasteiger partial charge < -0.3 is 14.6 Å². The minimum Gasteiger partial charge on any atom is -0.508 e.